The Labute approximate surface area is 461 Å². The van der Waals surface area contributed by atoms with Crippen molar-refractivity contribution in [1.29, 1.82) is 0 Å². The summed E-state index contributed by atoms with van der Waals surface area (Å²) in [7, 11) is 0. The molecule has 16 aliphatic carbocycles. The molecule has 16 bridgehead atoms. The van der Waals surface area contributed by atoms with Crippen molar-refractivity contribution in [2.45, 2.75) is 176 Å². The number of phenols is 2. The van der Waals surface area contributed by atoms with Crippen LogP contribution in [0, 0.1) is 71.0 Å². The van der Waals surface area contributed by atoms with Gasteiger partial charge in [-0.2, -0.15) is 0 Å². The number of nitrogens with two attached hydrogens (primary N) is 2. The first-order chi connectivity index (χ1) is 37.9. The number of hydrogen-bond acceptors (Lipinski definition) is 6. The lowest BCUT2D eigenvalue weighted by molar-refractivity contribution is -0.00612. The molecular weight excluding hydrogens is 957 g/mol. The van der Waals surface area contributed by atoms with E-state index in [0.29, 0.717) is 11.4 Å². The molecule has 6 heteroatoms. The molecule has 0 aromatic heterocycles. The summed E-state index contributed by atoms with van der Waals surface area (Å²) >= 11 is 0. The first-order valence-electron chi connectivity index (χ1n) is 31.6. The average Bonchev–Trinajstić information content (AvgIpc) is 3.50. The molecule has 0 radical (unpaired) electrons. The highest BCUT2D eigenvalue weighted by molar-refractivity contribution is 6.11. The molecule has 22 rings (SSSR count). The Bertz CT molecular complexity index is 3160. The number of nitrogen functional groups attached to an aromatic ring is 2. The van der Waals surface area contributed by atoms with Gasteiger partial charge >= 0.3 is 0 Å². The SMILES string of the molecule is Nc1cc(C23CC4CC(CC(C4)C2)C3)c(Oc2ccc3c(C45CC6CC(CC(C6)C4)C5)cccc3c2-c2c(Oc3cc(O)c(N)cc3C34CC5CC(CC(C5)C3)C4)ccc3c(C45CC6CC(CC(C6)C4)C5)cccc23)cc1O. The van der Waals surface area contributed by atoms with Crippen molar-refractivity contribution in [2.75, 3.05) is 11.5 Å². The van der Waals surface area contributed by atoms with Crippen molar-refractivity contribution in [3.63, 3.8) is 0 Å². The standard InChI is InChI=1S/C72H80N2O4/c73-59-23-57(71-33-45-17-46(34-71)19-47(18-45)35-71)65(25-61(59)75)77-63-9-7-51-53(3-1-5-55(51)69-27-39-11-40(28-69)13-41(12-39)29-69)67(63)68-54-4-2-6-56(70-30-42-14-43(31-70)16-44(15-42)32-70)52(54)8-10-64(68)78-66-26-62(76)60(74)24-58(66)72-36-48-20-49(37-72)22-50(21-48)38-72/h1-10,23-26,39-50,75-76H,11-22,27-38,73-74H2. The minimum Gasteiger partial charge on any atom is -0.506 e. The van der Waals surface area contributed by atoms with E-state index in [4.69, 9.17) is 20.9 Å². The van der Waals surface area contributed by atoms with Gasteiger partial charge in [0, 0.05) is 34.4 Å². The third kappa shape index (κ3) is 6.79. The second kappa shape index (κ2) is 16.2. The largest absolute Gasteiger partial charge is 0.506 e. The smallest absolute Gasteiger partial charge is 0.142 e. The van der Waals surface area contributed by atoms with E-state index in [-0.39, 0.29) is 33.2 Å². The van der Waals surface area contributed by atoms with E-state index in [2.05, 4.69) is 72.8 Å². The zero-order valence-corrected chi connectivity index (χ0v) is 45.8. The maximum atomic E-state index is 11.7. The van der Waals surface area contributed by atoms with Crippen LogP contribution in [0.2, 0.25) is 0 Å². The summed E-state index contributed by atoms with van der Waals surface area (Å²) in [5.41, 5.74) is 22.3. The second-order valence-electron chi connectivity index (χ2n) is 30.5. The summed E-state index contributed by atoms with van der Waals surface area (Å²) in [5, 5.41) is 28.5. The number of phenolic OH excluding ortho intramolecular Hbond substituents is 2. The van der Waals surface area contributed by atoms with Crippen LogP contribution in [0.3, 0.4) is 0 Å². The molecule has 6 nitrogen and oxygen atoms in total. The van der Waals surface area contributed by atoms with Crippen molar-refractivity contribution >= 4 is 32.9 Å². The van der Waals surface area contributed by atoms with Crippen molar-refractivity contribution in [2.24, 2.45) is 71.0 Å². The Morgan fingerprint density at radius 2 is 0.577 bits per heavy atom. The summed E-state index contributed by atoms with van der Waals surface area (Å²) < 4.78 is 15.6. The highest BCUT2D eigenvalue weighted by Gasteiger charge is 2.56. The van der Waals surface area contributed by atoms with Crippen molar-refractivity contribution in [3.8, 4) is 45.6 Å². The second-order valence-corrected chi connectivity index (χ2v) is 30.5. The number of ether oxygens (including phenoxy) is 2. The lowest BCUT2D eigenvalue weighted by Gasteiger charge is -2.57. The summed E-state index contributed by atoms with van der Waals surface area (Å²) in [4.78, 5) is 0. The number of hydrogen-bond donors (Lipinski definition) is 4. The Morgan fingerprint density at radius 1 is 0.308 bits per heavy atom. The minimum atomic E-state index is -0.0279. The zero-order valence-electron chi connectivity index (χ0n) is 45.8. The molecule has 402 valence electrons. The molecule has 0 atom stereocenters. The van der Waals surface area contributed by atoms with Crippen molar-refractivity contribution in [1.82, 2.24) is 0 Å². The highest BCUT2D eigenvalue weighted by Crippen LogP contribution is 2.67. The van der Waals surface area contributed by atoms with Gasteiger partial charge in [0.15, 0.2) is 0 Å². The third-order valence-corrected chi connectivity index (χ3v) is 25.4. The monoisotopic (exact) mass is 1040 g/mol. The first kappa shape index (κ1) is 46.4. The fourth-order valence-corrected chi connectivity index (χ4v) is 24.5. The van der Waals surface area contributed by atoms with E-state index in [0.717, 1.165) is 144 Å². The molecule has 16 fully saturated rings. The van der Waals surface area contributed by atoms with E-state index in [1.54, 1.807) is 0 Å². The van der Waals surface area contributed by atoms with E-state index < -0.39 is 0 Å². The average molecular weight is 1040 g/mol. The quantitative estimate of drug-likeness (QED) is 0.0848. The number of fused-ring (bicyclic) bond motifs is 2. The molecular formula is C72H80N2O4. The molecule has 16 aliphatic rings. The van der Waals surface area contributed by atoms with Gasteiger partial charge in [-0.1, -0.05) is 48.5 Å². The van der Waals surface area contributed by atoms with Gasteiger partial charge in [0.1, 0.15) is 34.5 Å². The topological polar surface area (TPSA) is 111 Å². The van der Waals surface area contributed by atoms with Crippen molar-refractivity contribution < 1.29 is 19.7 Å². The minimum absolute atomic E-state index is 0.0279. The van der Waals surface area contributed by atoms with Gasteiger partial charge in [-0.15, -0.1) is 0 Å². The fourth-order valence-electron chi connectivity index (χ4n) is 24.5. The Morgan fingerprint density at radius 3 is 0.859 bits per heavy atom. The van der Waals surface area contributed by atoms with Crippen LogP contribution in [-0.4, -0.2) is 10.2 Å². The summed E-state index contributed by atoms with van der Waals surface area (Å²) in [6.07, 6.45) is 31.2. The van der Waals surface area contributed by atoms with Crippen LogP contribution < -0.4 is 20.9 Å². The maximum absolute atomic E-state index is 11.7. The van der Waals surface area contributed by atoms with Gasteiger partial charge < -0.3 is 31.2 Å². The Balaban J connectivity index is 0.889. The van der Waals surface area contributed by atoms with Crippen LogP contribution in [0.25, 0.3) is 32.7 Å². The molecule has 16 saturated carbocycles. The molecule has 6 aromatic carbocycles. The summed E-state index contributed by atoms with van der Waals surface area (Å²) in [6, 6.07) is 31.9. The molecule has 78 heavy (non-hydrogen) atoms. The lowest BCUT2D eigenvalue weighted by atomic mass is 9.47. The number of aromatic hydroxyl groups is 2. The number of anilines is 2. The molecule has 0 spiro atoms. The molecule has 0 saturated heterocycles. The van der Waals surface area contributed by atoms with Crippen LogP contribution >= 0.6 is 0 Å². The van der Waals surface area contributed by atoms with Gasteiger partial charge in [0.25, 0.3) is 0 Å². The highest BCUT2D eigenvalue weighted by atomic mass is 16.5. The van der Waals surface area contributed by atoms with Crippen LogP contribution in [0.5, 0.6) is 34.5 Å². The van der Waals surface area contributed by atoms with E-state index in [1.807, 2.05) is 12.1 Å². The molecule has 0 unspecified atom stereocenters. The van der Waals surface area contributed by atoms with Gasteiger partial charge in [0.2, 0.25) is 0 Å². The molecule has 0 aliphatic heterocycles. The van der Waals surface area contributed by atoms with Gasteiger partial charge in [-0.05, 0) is 304 Å². The van der Waals surface area contributed by atoms with E-state index >= 15 is 0 Å². The van der Waals surface area contributed by atoms with Gasteiger partial charge in [0.05, 0.1) is 11.4 Å². The van der Waals surface area contributed by atoms with Crippen LogP contribution in [0.1, 0.15) is 176 Å². The van der Waals surface area contributed by atoms with Crippen LogP contribution in [-0.2, 0) is 21.7 Å². The van der Waals surface area contributed by atoms with E-state index in [9.17, 15) is 10.2 Å². The predicted molar refractivity (Wildman–Crippen MR) is 311 cm³/mol. The maximum Gasteiger partial charge on any atom is 0.142 e. The molecule has 6 N–H and O–H groups in total. The van der Waals surface area contributed by atoms with Crippen LogP contribution in [0.15, 0.2) is 84.9 Å². The number of rotatable bonds is 9. The molecule has 6 aromatic rings. The van der Waals surface area contributed by atoms with Gasteiger partial charge in [-0.25, -0.2) is 0 Å². The summed E-state index contributed by atoms with van der Waals surface area (Å²) in [6.45, 7) is 0. The lowest BCUT2D eigenvalue weighted by Crippen LogP contribution is -2.48. The predicted octanol–water partition coefficient (Wildman–Crippen LogP) is 17.7. The molecule has 0 heterocycles. The Kier molecular flexibility index (Phi) is 9.62. The fraction of sp³-hybridized carbons (Fsp3) is 0.556. The Hall–Kier alpha value is -5.36. The number of benzene rings is 6. The van der Waals surface area contributed by atoms with E-state index in [1.165, 1.54) is 159 Å². The zero-order chi connectivity index (χ0) is 51.6. The summed E-state index contributed by atoms with van der Waals surface area (Å²) in [5.74, 6) is 12.5. The van der Waals surface area contributed by atoms with Crippen molar-refractivity contribution in [3.05, 3.63) is 107 Å². The third-order valence-electron chi connectivity index (χ3n) is 25.4. The first-order valence-corrected chi connectivity index (χ1v) is 31.6. The molecule has 0 amide bonds. The van der Waals surface area contributed by atoms with Crippen LogP contribution in [0.4, 0.5) is 11.4 Å². The normalized spacial score (nSPS) is 39.7. The van der Waals surface area contributed by atoms with Gasteiger partial charge in [-0.3, -0.25) is 0 Å².